The predicted octanol–water partition coefficient (Wildman–Crippen LogP) is 5.58. The lowest BCUT2D eigenvalue weighted by atomic mass is 9.71. The molecule has 4 saturated carbocycles. The summed E-state index contributed by atoms with van der Waals surface area (Å²) in [5, 5.41) is 5.15. The third-order valence-corrected chi connectivity index (χ3v) is 16.5. The third-order valence-electron chi connectivity index (χ3n) is 14.3. The average Bonchev–Trinajstić information content (AvgIpc) is 4.06. The summed E-state index contributed by atoms with van der Waals surface area (Å²) < 4.78 is 101. The number of alkyl halides is 4. The van der Waals surface area contributed by atoms with Gasteiger partial charge in [0.25, 0.3) is 11.8 Å². The molecule has 2 bridgehead atoms. The van der Waals surface area contributed by atoms with Gasteiger partial charge in [0.15, 0.2) is 5.69 Å². The lowest BCUT2D eigenvalue weighted by Gasteiger charge is -2.36. The number of aromatic nitrogens is 2. The topological polar surface area (TPSA) is 186 Å². The van der Waals surface area contributed by atoms with Crippen LogP contribution >= 0.6 is 0 Å². The van der Waals surface area contributed by atoms with Crippen LogP contribution in [-0.4, -0.2) is 94.6 Å². The van der Waals surface area contributed by atoms with Crippen LogP contribution in [-0.2, 0) is 35.1 Å². The summed E-state index contributed by atoms with van der Waals surface area (Å²) in [5.41, 5.74) is -3.61. The molecule has 0 spiro atoms. The predicted molar refractivity (Wildman–Crippen MR) is 212 cm³/mol. The van der Waals surface area contributed by atoms with E-state index in [4.69, 9.17) is 9.47 Å². The van der Waals surface area contributed by atoms with E-state index in [1.807, 2.05) is 4.72 Å². The molecule has 5 fully saturated rings. The maximum atomic E-state index is 16.5. The van der Waals surface area contributed by atoms with Crippen molar-refractivity contribution in [3.05, 3.63) is 30.0 Å². The first kappa shape index (κ1) is 43.4. The van der Waals surface area contributed by atoms with Gasteiger partial charge in [0.2, 0.25) is 34.1 Å². The van der Waals surface area contributed by atoms with Gasteiger partial charge in [0.1, 0.15) is 29.8 Å². The van der Waals surface area contributed by atoms with Crippen LogP contribution in [0.1, 0.15) is 105 Å². The molecule has 10 atom stereocenters. The summed E-state index contributed by atoms with van der Waals surface area (Å²) in [4.78, 5) is 66.8. The van der Waals surface area contributed by atoms with Crippen LogP contribution in [0.15, 0.2) is 24.3 Å². The first-order chi connectivity index (χ1) is 28.5. The number of para-hydroxylation sites is 2. The van der Waals surface area contributed by atoms with Crippen LogP contribution in [0.25, 0.3) is 11.0 Å². The van der Waals surface area contributed by atoms with Crippen LogP contribution in [0.5, 0.6) is 5.88 Å². The minimum absolute atomic E-state index is 0.0560. The van der Waals surface area contributed by atoms with E-state index in [9.17, 15) is 36.4 Å². The van der Waals surface area contributed by atoms with E-state index in [-0.39, 0.29) is 42.1 Å². The van der Waals surface area contributed by atoms with Gasteiger partial charge in [0, 0.05) is 12.3 Å². The van der Waals surface area contributed by atoms with Crippen molar-refractivity contribution in [1.82, 2.24) is 30.2 Å². The number of amides is 4. The second-order valence-electron chi connectivity index (χ2n) is 19.5. The number of hydrogen-bond acceptors (Lipinski definition) is 10. The molecule has 0 unspecified atom stereocenters. The van der Waals surface area contributed by atoms with Crippen molar-refractivity contribution >= 4 is 44.9 Å². The molecule has 14 nitrogen and oxygen atoms in total. The largest absolute Gasteiger partial charge is 0.471 e. The van der Waals surface area contributed by atoms with Crippen molar-refractivity contribution in [1.29, 1.82) is 0 Å². The molecule has 8 rings (SSSR count). The van der Waals surface area contributed by atoms with Crippen molar-refractivity contribution < 1.29 is 54.6 Å². The summed E-state index contributed by atoms with van der Waals surface area (Å²) >= 11 is 0. The zero-order valence-electron chi connectivity index (χ0n) is 34.9. The Balaban J connectivity index is 1.17. The molecule has 1 aromatic heterocycles. The molecule has 4 aliphatic carbocycles. The molecule has 1 aromatic carbocycles. The number of carbonyl (C=O) groups is 4. The number of hydrogen-bond donors (Lipinski definition) is 3. The van der Waals surface area contributed by atoms with E-state index in [1.165, 1.54) is 13.8 Å². The van der Waals surface area contributed by atoms with E-state index in [0.717, 1.165) is 17.7 Å². The lowest BCUT2D eigenvalue weighted by molar-refractivity contribution is -0.143. The van der Waals surface area contributed by atoms with Crippen molar-refractivity contribution in [2.24, 2.45) is 35.0 Å². The summed E-state index contributed by atoms with van der Waals surface area (Å²) in [6, 6.07) is 3.51. The van der Waals surface area contributed by atoms with Gasteiger partial charge in [0.05, 0.1) is 28.2 Å². The van der Waals surface area contributed by atoms with Gasteiger partial charge in [-0.1, -0.05) is 46.2 Å². The zero-order valence-corrected chi connectivity index (χ0v) is 35.7. The van der Waals surface area contributed by atoms with Gasteiger partial charge < -0.3 is 25.0 Å². The Bertz CT molecular complexity index is 2220. The highest BCUT2D eigenvalue weighted by atomic mass is 32.2. The Labute approximate surface area is 352 Å². The van der Waals surface area contributed by atoms with Gasteiger partial charge in [-0.3, -0.25) is 19.1 Å². The normalized spacial score (nSPS) is 34.6. The number of carbonyl (C=O) groups excluding carboxylic acids is 4. The van der Waals surface area contributed by atoms with Gasteiger partial charge in [-0.15, -0.1) is 0 Å². The SMILES string of the molecule is C[C@@H]1[C@@H]2CN(C(=O)[C@H](C(C)(C)C)NC(=O)O[C@@H]3C[C@@H]4CC[C@@H]4[C@H]3CCCCC(F)(F)c3nc4ccccc4nc3O2)[C@@H]1C(=O)N[C@]1(C(=O)NS(=O)(=O)C2(C)CC2)C[C@H]1C(F)F. The van der Waals surface area contributed by atoms with Gasteiger partial charge in [-0.05, 0) is 93.6 Å². The number of alkyl carbamates (subject to hydrolysis) is 1. The number of ether oxygens (including phenoxy) is 2. The van der Waals surface area contributed by atoms with E-state index >= 15 is 8.78 Å². The van der Waals surface area contributed by atoms with Crippen LogP contribution in [0, 0.1) is 35.0 Å². The number of nitrogens with one attached hydrogen (secondary N) is 3. The highest BCUT2D eigenvalue weighted by Crippen LogP contribution is 2.54. The number of rotatable bonds is 6. The van der Waals surface area contributed by atoms with Crippen molar-refractivity contribution in [2.75, 3.05) is 6.54 Å². The fraction of sp³-hybridized carbons (Fsp3) is 0.714. The van der Waals surface area contributed by atoms with E-state index < -0.39 is 129 Å². The van der Waals surface area contributed by atoms with Crippen LogP contribution in [0.2, 0.25) is 0 Å². The molecule has 3 heterocycles. The molecule has 334 valence electrons. The smallest absolute Gasteiger partial charge is 0.408 e. The molecule has 2 aliphatic heterocycles. The molecule has 19 heteroatoms. The van der Waals surface area contributed by atoms with Crippen molar-refractivity contribution in [2.45, 2.75) is 146 Å². The maximum Gasteiger partial charge on any atom is 0.408 e. The first-order valence-corrected chi connectivity index (χ1v) is 22.8. The molecule has 61 heavy (non-hydrogen) atoms. The third kappa shape index (κ3) is 7.89. The second-order valence-corrected chi connectivity index (χ2v) is 21.7. The van der Waals surface area contributed by atoms with Crippen LogP contribution < -0.4 is 20.1 Å². The first-order valence-electron chi connectivity index (χ1n) is 21.3. The monoisotopic (exact) mass is 878 g/mol. The second kappa shape index (κ2) is 15.2. The van der Waals surface area contributed by atoms with Gasteiger partial charge in [-0.25, -0.2) is 32.0 Å². The van der Waals surface area contributed by atoms with Crippen LogP contribution in [0.3, 0.4) is 0 Å². The van der Waals surface area contributed by atoms with Crippen molar-refractivity contribution in [3.8, 4) is 5.88 Å². The quantitative estimate of drug-likeness (QED) is 0.310. The summed E-state index contributed by atoms with van der Waals surface area (Å²) in [7, 11) is -4.30. The summed E-state index contributed by atoms with van der Waals surface area (Å²) in [6.07, 6.45) is -2.72. The van der Waals surface area contributed by atoms with Crippen LogP contribution in [0.4, 0.5) is 22.4 Å². The standard InChI is InChI=1S/C42H54F4N6O8S/c1-21-29-20-52(30(21)34(53)50-41(19-25(41)33(43)44)37(55)51-61(57,58)40(5)16-17-40)36(54)32(39(2,3)4)49-38(56)60-28-18-22-13-14-23(22)24(28)10-8-9-15-42(45,46)31-35(59-29)48-27-12-7-6-11-26(27)47-31/h6-7,11-12,21-25,28-30,32-33H,8-10,13-20H2,1-5H3,(H,49,56)(H,50,53)(H,51,55)/t21-,22+,23+,24-,25+,28-,29+,30+,32-,41-/m1/s1. The number of nitrogens with zero attached hydrogens (tertiary/aromatic N) is 3. The number of halogens is 4. The Morgan fingerprint density at radius 2 is 1.66 bits per heavy atom. The highest BCUT2D eigenvalue weighted by molar-refractivity contribution is 7.91. The Hall–Kier alpha value is -4.29. The maximum absolute atomic E-state index is 16.5. The number of fused-ring (bicyclic) bond motifs is 7. The molecular weight excluding hydrogens is 825 g/mol. The molecule has 2 aromatic rings. The zero-order chi connectivity index (χ0) is 44.0. The average molecular weight is 879 g/mol. The fourth-order valence-electron chi connectivity index (χ4n) is 9.97. The van der Waals surface area contributed by atoms with E-state index in [0.29, 0.717) is 25.2 Å². The van der Waals surface area contributed by atoms with Gasteiger partial charge in [-0.2, -0.15) is 8.78 Å². The Morgan fingerprint density at radius 3 is 2.26 bits per heavy atom. The molecule has 6 aliphatic rings. The number of sulfonamides is 1. The minimum Gasteiger partial charge on any atom is -0.471 e. The fourth-order valence-corrected chi connectivity index (χ4v) is 11.3. The lowest BCUT2D eigenvalue weighted by Crippen LogP contribution is -2.61. The molecular formula is C42H54F4N6O8S. The van der Waals surface area contributed by atoms with E-state index in [2.05, 4.69) is 20.6 Å². The molecule has 3 N–H and O–H groups in total. The Kier molecular flexibility index (Phi) is 10.8. The molecule has 4 amide bonds. The van der Waals surface area contributed by atoms with E-state index in [1.54, 1.807) is 45.0 Å². The minimum atomic E-state index is -4.30. The summed E-state index contributed by atoms with van der Waals surface area (Å²) in [5.74, 6) is -9.48. The number of benzene rings is 1. The van der Waals surface area contributed by atoms with Gasteiger partial charge >= 0.3 is 6.09 Å². The van der Waals surface area contributed by atoms with Crippen molar-refractivity contribution in [3.63, 3.8) is 0 Å². The Morgan fingerprint density at radius 1 is 0.967 bits per heavy atom. The molecule has 1 saturated heterocycles. The summed E-state index contributed by atoms with van der Waals surface area (Å²) in [6.45, 7) is 7.58. The molecule has 0 radical (unpaired) electrons. The highest BCUT2D eigenvalue weighted by Gasteiger charge is 2.68.